The van der Waals surface area contributed by atoms with Crippen LogP contribution in [-0.2, 0) is 4.79 Å². The van der Waals surface area contributed by atoms with Crippen molar-refractivity contribution in [2.45, 2.75) is 32.7 Å². The highest BCUT2D eigenvalue weighted by molar-refractivity contribution is 5.73. The van der Waals surface area contributed by atoms with E-state index < -0.39 is 12.0 Å². The molecule has 0 saturated carbocycles. The number of carbonyl (C=O) groups is 1. The Kier molecular flexibility index (Phi) is 4.54. The summed E-state index contributed by atoms with van der Waals surface area (Å²) in [7, 11) is 0. The van der Waals surface area contributed by atoms with Crippen molar-refractivity contribution in [1.82, 2.24) is 4.90 Å². The van der Waals surface area contributed by atoms with Gasteiger partial charge in [0.15, 0.2) is 0 Å². The van der Waals surface area contributed by atoms with Gasteiger partial charge >= 0.3 is 5.97 Å². The van der Waals surface area contributed by atoms with Crippen LogP contribution in [0.5, 0.6) is 0 Å². The van der Waals surface area contributed by atoms with Crippen LogP contribution in [0, 0.1) is 11.8 Å². The van der Waals surface area contributed by atoms with Crippen LogP contribution in [0.2, 0.25) is 0 Å². The van der Waals surface area contributed by atoms with Crippen molar-refractivity contribution >= 4 is 5.97 Å². The minimum absolute atomic E-state index is 0.467. The number of nitrogens with zero attached hydrogens (tertiary/aromatic N) is 1. The van der Waals surface area contributed by atoms with Crippen LogP contribution < -0.4 is 5.73 Å². The lowest BCUT2D eigenvalue weighted by molar-refractivity contribution is -0.138. The molecule has 1 fully saturated rings. The van der Waals surface area contributed by atoms with Gasteiger partial charge in [0.25, 0.3) is 0 Å². The number of carboxylic acid groups (broad SMARTS) is 1. The summed E-state index contributed by atoms with van der Waals surface area (Å²) in [4.78, 5) is 13.0. The van der Waals surface area contributed by atoms with E-state index in [0.29, 0.717) is 18.3 Å². The minimum atomic E-state index is -0.877. The highest BCUT2D eigenvalue weighted by Gasteiger charge is 2.26. The predicted molar refractivity (Wildman–Crippen MR) is 59.6 cm³/mol. The number of hydrogen-bond donors (Lipinski definition) is 2. The summed E-state index contributed by atoms with van der Waals surface area (Å²) in [6, 6.07) is -0.686. The van der Waals surface area contributed by atoms with E-state index in [-0.39, 0.29) is 0 Å². The predicted octanol–water partition coefficient (Wildman–Crippen LogP) is 0.766. The topological polar surface area (TPSA) is 66.6 Å². The molecule has 0 aromatic heterocycles. The molecule has 88 valence electrons. The third kappa shape index (κ3) is 4.18. The maximum atomic E-state index is 10.6. The fraction of sp³-hybridized carbons (Fsp3) is 0.909. The Morgan fingerprint density at radius 1 is 1.60 bits per heavy atom. The molecule has 0 bridgehead atoms. The summed E-state index contributed by atoms with van der Waals surface area (Å²) in [5.74, 6) is 0.268. The number of likely N-dealkylation sites (tertiary alicyclic amines) is 1. The lowest BCUT2D eigenvalue weighted by atomic mass is 10.00. The van der Waals surface area contributed by atoms with Gasteiger partial charge in [-0.25, -0.2) is 0 Å². The molecule has 2 atom stereocenters. The SMILES string of the molecule is CC(C)CN1CCC(CC(N)C(=O)O)C1. The summed E-state index contributed by atoms with van der Waals surface area (Å²) in [5, 5.41) is 8.72. The van der Waals surface area contributed by atoms with Crippen LogP contribution in [-0.4, -0.2) is 41.7 Å². The average molecular weight is 214 g/mol. The van der Waals surface area contributed by atoms with Crippen LogP contribution in [0.1, 0.15) is 26.7 Å². The maximum Gasteiger partial charge on any atom is 0.320 e. The van der Waals surface area contributed by atoms with Gasteiger partial charge in [0, 0.05) is 13.1 Å². The first-order valence-corrected chi connectivity index (χ1v) is 5.69. The molecule has 1 rings (SSSR count). The first kappa shape index (κ1) is 12.5. The summed E-state index contributed by atoms with van der Waals surface area (Å²) in [6.45, 7) is 7.62. The van der Waals surface area contributed by atoms with Crippen molar-refractivity contribution in [2.24, 2.45) is 17.6 Å². The number of carboxylic acids is 1. The molecule has 0 radical (unpaired) electrons. The van der Waals surface area contributed by atoms with Gasteiger partial charge in [-0.1, -0.05) is 13.8 Å². The first-order chi connectivity index (χ1) is 6.99. The second-order valence-corrected chi connectivity index (χ2v) is 4.99. The fourth-order valence-electron chi connectivity index (χ4n) is 2.25. The zero-order valence-corrected chi connectivity index (χ0v) is 9.65. The molecule has 0 spiro atoms. The second kappa shape index (κ2) is 5.47. The molecule has 3 N–H and O–H groups in total. The van der Waals surface area contributed by atoms with Crippen LogP contribution in [0.4, 0.5) is 0 Å². The van der Waals surface area contributed by atoms with Crippen molar-refractivity contribution < 1.29 is 9.90 Å². The zero-order valence-electron chi connectivity index (χ0n) is 9.65. The smallest absolute Gasteiger partial charge is 0.320 e. The van der Waals surface area contributed by atoms with Crippen molar-refractivity contribution in [3.8, 4) is 0 Å². The number of aliphatic carboxylic acids is 1. The van der Waals surface area contributed by atoms with E-state index in [1.165, 1.54) is 0 Å². The molecule has 4 nitrogen and oxygen atoms in total. The molecule has 1 aliphatic rings. The molecule has 0 aromatic rings. The molecule has 1 aliphatic heterocycles. The van der Waals surface area contributed by atoms with Crippen molar-refractivity contribution in [1.29, 1.82) is 0 Å². The highest BCUT2D eigenvalue weighted by atomic mass is 16.4. The van der Waals surface area contributed by atoms with Gasteiger partial charge in [-0.05, 0) is 31.2 Å². The molecule has 0 aromatic carbocycles. The Labute approximate surface area is 91.4 Å². The third-order valence-electron chi connectivity index (χ3n) is 2.90. The van der Waals surface area contributed by atoms with E-state index in [2.05, 4.69) is 18.7 Å². The Morgan fingerprint density at radius 3 is 2.80 bits per heavy atom. The Bertz CT molecular complexity index is 219. The Balaban J connectivity index is 2.27. The van der Waals surface area contributed by atoms with Crippen LogP contribution in [0.15, 0.2) is 0 Å². The van der Waals surface area contributed by atoms with E-state index in [9.17, 15) is 4.79 Å². The zero-order chi connectivity index (χ0) is 11.4. The largest absolute Gasteiger partial charge is 0.480 e. The van der Waals surface area contributed by atoms with Gasteiger partial charge < -0.3 is 15.7 Å². The highest BCUT2D eigenvalue weighted by Crippen LogP contribution is 2.21. The second-order valence-electron chi connectivity index (χ2n) is 4.99. The normalized spacial score (nSPS) is 24.7. The molecular weight excluding hydrogens is 192 g/mol. The first-order valence-electron chi connectivity index (χ1n) is 5.69. The van der Waals surface area contributed by atoms with Gasteiger partial charge in [-0.2, -0.15) is 0 Å². The van der Waals surface area contributed by atoms with E-state index in [1.54, 1.807) is 0 Å². The maximum absolute atomic E-state index is 10.6. The van der Waals surface area contributed by atoms with E-state index in [0.717, 1.165) is 26.1 Å². The summed E-state index contributed by atoms with van der Waals surface area (Å²) in [5.41, 5.74) is 5.52. The van der Waals surface area contributed by atoms with Crippen LogP contribution in [0.25, 0.3) is 0 Å². The fourth-order valence-corrected chi connectivity index (χ4v) is 2.25. The number of nitrogens with two attached hydrogens (primary N) is 1. The molecule has 0 amide bonds. The van der Waals surface area contributed by atoms with Gasteiger partial charge in [0.2, 0.25) is 0 Å². The van der Waals surface area contributed by atoms with Crippen LogP contribution >= 0.6 is 0 Å². The van der Waals surface area contributed by atoms with E-state index in [1.807, 2.05) is 0 Å². The lowest BCUT2D eigenvalue weighted by Gasteiger charge is -2.18. The number of hydrogen-bond acceptors (Lipinski definition) is 3. The van der Waals surface area contributed by atoms with Crippen molar-refractivity contribution in [3.05, 3.63) is 0 Å². The monoisotopic (exact) mass is 214 g/mol. The summed E-state index contributed by atoms with van der Waals surface area (Å²) < 4.78 is 0. The Hall–Kier alpha value is -0.610. The van der Waals surface area contributed by atoms with Gasteiger partial charge in [0.1, 0.15) is 6.04 Å². The molecule has 1 heterocycles. The molecular formula is C11H22N2O2. The standard InChI is InChI=1S/C11H22N2O2/c1-8(2)6-13-4-3-9(7-13)5-10(12)11(14)15/h8-10H,3-7,12H2,1-2H3,(H,14,15). The Morgan fingerprint density at radius 2 is 2.27 bits per heavy atom. The summed E-state index contributed by atoms with van der Waals surface area (Å²) in [6.07, 6.45) is 1.71. The quantitative estimate of drug-likeness (QED) is 0.709. The van der Waals surface area contributed by atoms with Gasteiger partial charge in [0.05, 0.1) is 0 Å². The third-order valence-corrected chi connectivity index (χ3v) is 2.90. The van der Waals surface area contributed by atoms with E-state index in [4.69, 9.17) is 10.8 Å². The lowest BCUT2D eigenvalue weighted by Crippen LogP contribution is -2.33. The molecule has 15 heavy (non-hydrogen) atoms. The van der Waals surface area contributed by atoms with Gasteiger partial charge in [-0.3, -0.25) is 4.79 Å². The number of rotatable bonds is 5. The van der Waals surface area contributed by atoms with Gasteiger partial charge in [-0.15, -0.1) is 0 Å². The van der Waals surface area contributed by atoms with Crippen molar-refractivity contribution in [2.75, 3.05) is 19.6 Å². The molecule has 4 heteroatoms. The molecule has 1 saturated heterocycles. The van der Waals surface area contributed by atoms with Crippen LogP contribution in [0.3, 0.4) is 0 Å². The minimum Gasteiger partial charge on any atom is -0.480 e. The summed E-state index contributed by atoms with van der Waals surface area (Å²) >= 11 is 0. The average Bonchev–Trinajstić information content (AvgIpc) is 2.51. The van der Waals surface area contributed by atoms with E-state index >= 15 is 0 Å². The molecule has 0 aliphatic carbocycles. The van der Waals surface area contributed by atoms with Crippen molar-refractivity contribution in [3.63, 3.8) is 0 Å². The molecule has 2 unspecified atom stereocenters.